The highest BCUT2D eigenvalue weighted by molar-refractivity contribution is 6.33. The van der Waals surface area contributed by atoms with E-state index in [9.17, 15) is 18.4 Å². The summed E-state index contributed by atoms with van der Waals surface area (Å²) >= 11 is 6.03. The van der Waals surface area contributed by atoms with Crippen molar-refractivity contribution in [1.82, 2.24) is 10.6 Å². The van der Waals surface area contributed by atoms with E-state index in [-0.39, 0.29) is 29.4 Å². The van der Waals surface area contributed by atoms with Gasteiger partial charge in [-0.3, -0.25) is 9.59 Å². The molecule has 0 fully saturated rings. The van der Waals surface area contributed by atoms with Gasteiger partial charge in [0.05, 0.1) is 36.1 Å². The molecule has 2 amide bonds. The van der Waals surface area contributed by atoms with Crippen molar-refractivity contribution in [3.8, 4) is 0 Å². The van der Waals surface area contributed by atoms with Gasteiger partial charge in [-0.2, -0.15) is 0 Å². The van der Waals surface area contributed by atoms with Crippen LogP contribution in [-0.2, 0) is 4.79 Å². The van der Waals surface area contributed by atoms with Gasteiger partial charge in [-0.25, -0.2) is 8.78 Å². The molecule has 1 atom stereocenters. The molecule has 1 unspecified atom stereocenters. The van der Waals surface area contributed by atoms with E-state index in [0.29, 0.717) is 5.56 Å². The van der Waals surface area contributed by atoms with Crippen molar-refractivity contribution in [2.24, 2.45) is 5.73 Å². The van der Waals surface area contributed by atoms with Crippen LogP contribution in [0.25, 0.3) is 0 Å². The summed E-state index contributed by atoms with van der Waals surface area (Å²) in [7, 11) is 0. The number of alkyl halides is 2. The maximum Gasteiger partial charge on any atom is 0.277 e. The Morgan fingerprint density at radius 2 is 1.68 bits per heavy atom. The van der Waals surface area contributed by atoms with Crippen LogP contribution < -0.4 is 16.4 Å². The molecule has 2 aromatic rings. The number of hydrogen-bond acceptors (Lipinski definition) is 3. The lowest BCUT2D eigenvalue weighted by molar-refractivity contribution is -0.123. The molecule has 0 saturated heterocycles. The summed E-state index contributed by atoms with van der Waals surface area (Å²) in [5.41, 5.74) is 5.88. The molecular formula is C19H21Cl2F2N3O2. The summed E-state index contributed by atoms with van der Waals surface area (Å²) < 4.78 is 26.5. The van der Waals surface area contributed by atoms with E-state index in [0.717, 1.165) is 0 Å². The Labute approximate surface area is 173 Å². The first-order valence-corrected chi connectivity index (χ1v) is 8.65. The molecule has 2 rings (SSSR count). The average molecular weight is 432 g/mol. The Morgan fingerprint density at radius 3 is 2.29 bits per heavy atom. The first-order valence-electron chi connectivity index (χ1n) is 8.27. The first-order chi connectivity index (χ1) is 12.8. The SMILES string of the molecule is Cl.NCC(F)(F)CNC(=O)CC(NC(=O)c1ccccc1Cl)c1ccccc1. The maximum atomic E-state index is 13.2. The van der Waals surface area contributed by atoms with Crippen molar-refractivity contribution in [3.63, 3.8) is 0 Å². The van der Waals surface area contributed by atoms with Gasteiger partial charge in [0, 0.05) is 0 Å². The molecule has 0 aliphatic heterocycles. The van der Waals surface area contributed by atoms with Crippen LogP contribution in [0.2, 0.25) is 5.02 Å². The standard InChI is InChI=1S/C19H20ClF2N3O2.ClH/c20-15-9-5-4-8-14(15)18(27)25-16(13-6-2-1-3-7-13)10-17(26)24-12-19(21,22)11-23;/h1-9,16H,10-12,23H2,(H,24,26)(H,25,27);1H. The molecule has 152 valence electrons. The van der Waals surface area contributed by atoms with Crippen LogP contribution in [0.5, 0.6) is 0 Å². The Morgan fingerprint density at radius 1 is 1.07 bits per heavy atom. The Kier molecular flexibility index (Phi) is 9.31. The monoisotopic (exact) mass is 431 g/mol. The third-order valence-electron chi connectivity index (χ3n) is 3.86. The van der Waals surface area contributed by atoms with Gasteiger partial charge in [-0.05, 0) is 17.7 Å². The highest BCUT2D eigenvalue weighted by Crippen LogP contribution is 2.20. The van der Waals surface area contributed by atoms with Crippen molar-refractivity contribution in [3.05, 3.63) is 70.7 Å². The van der Waals surface area contributed by atoms with Gasteiger partial charge in [0.25, 0.3) is 11.8 Å². The molecule has 0 saturated carbocycles. The molecular weight excluding hydrogens is 411 g/mol. The van der Waals surface area contributed by atoms with E-state index >= 15 is 0 Å². The lowest BCUT2D eigenvalue weighted by Crippen LogP contribution is -2.42. The third kappa shape index (κ3) is 7.07. The Hall–Kier alpha value is -2.22. The lowest BCUT2D eigenvalue weighted by Gasteiger charge is -2.20. The van der Waals surface area contributed by atoms with Gasteiger partial charge < -0.3 is 16.4 Å². The summed E-state index contributed by atoms with van der Waals surface area (Å²) in [6, 6.07) is 14.6. The van der Waals surface area contributed by atoms with E-state index in [1.54, 1.807) is 54.6 Å². The maximum absolute atomic E-state index is 13.2. The van der Waals surface area contributed by atoms with Gasteiger partial charge in [-0.15, -0.1) is 12.4 Å². The van der Waals surface area contributed by atoms with Crippen molar-refractivity contribution < 1.29 is 18.4 Å². The lowest BCUT2D eigenvalue weighted by atomic mass is 10.0. The summed E-state index contributed by atoms with van der Waals surface area (Å²) in [6.45, 7) is -1.72. The van der Waals surface area contributed by atoms with Crippen LogP contribution in [0, 0.1) is 0 Å². The van der Waals surface area contributed by atoms with Crippen LogP contribution >= 0.6 is 24.0 Å². The number of nitrogens with two attached hydrogens (primary N) is 1. The normalized spacial score (nSPS) is 11.9. The van der Waals surface area contributed by atoms with Crippen LogP contribution in [0.4, 0.5) is 8.78 Å². The molecule has 9 heteroatoms. The molecule has 2 aromatic carbocycles. The molecule has 0 radical (unpaired) electrons. The van der Waals surface area contributed by atoms with E-state index in [4.69, 9.17) is 17.3 Å². The summed E-state index contributed by atoms with van der Waals surface area (Å²) in [4.78, 5) is 24.6. The Balaban J connectivity index is 0.00000392. The van der Waals surface area contributed by atoms with Gasteiger partial charge in [-0.1, -0.05) is 54.1 Å². The first kappa shape index (κ1) is 23.8. The minimum absolute atomic E-state index is 0. The fourth-order valence-electron chi connectivity index (χ4n) is 2.38. The van der Waals surface area contributed by atoms with Crippen molar-refractivity contribution >= 4 is 35.8 Å². The zero-order chi connectivity index (χ0) is 19.9. The highest BCUT2D eigenvalue weighted by atomic mass is 35.5. The molecule has 0 bridgehead atoms. The van der Waals surface area contributed by atoms with Crippen molar-refractivity contribution in [2.75, 3.05) is 13.1 Å². The van der Waals surface area contributed by atoms with Crippen molar-refractivity contribution in [1.29, 1.82) is 0 Å². The third-order valence-corrected chi connectivity index (χ3v) is 4.19. The molecule has 28 heavy (non-hydrogen) atoms. The second-order valence-electron chi connectivity index (χ2n) is 5.96. The van der Waals surface area contributed by atoms with Crippen LogP contribution in [0.3, 0.4) is 0 Å². The number of carbonyl (C=O) groups is 2. The summed E-state index contributed by atoms with van der Waals surface area (Å²) in [5.74, 6) is -4.27. The summed E-state index contributed by atoms with van der Waals surface area (Å²) in [6.07, 6.45) is -0.207. The second-order valence-corrected chi connectivity index (χ2v) is 6.36. The predicted molar refractivity (Wildman–Crippen MR) is 107 cm³/mol. The molecule has 4 N–H and O–H groups in total. The molecule has 0 heterocycles. The molecule has 0 spiro atoms. The molecule has 0 aromatic heterocycles. The highest BCUT2D eigenvalue weighted by Gasteiger charge is 2.28. The zero-order valence-corrected chi connectivity index (χ0v) is 16.4. The molecule has 0 aliphatic carbocycles. The van der Waals surface area contributed by atoms with Crippen LogP contribution in [0.1, 0.15) is 28.4 Å². The number of rotatable bonds is 8. The topological polar surface area (TPSA) is 84.2 Å². The fourth-order valence-corrected chi connectivity index (χ4v) is 2.60. The zero-order valence-electron chi connectivity index (χ0n) is 14.8. The van der Waals surface area contributed by atoms with Gasteiger partial charge >= 0.3 is 0 Å². The van der Waals surface area contributed by atoms with Crippen LogP contribution in [-0.4, -0.2) is 30.8 Å². The fraction of sp³-hybridized carbons (Fsp3) is 0.263. The minimum atomic E-state index is -3.18. The molecule has 5 nitrogen and oxygen atoms in total. The van der Waals surface area contributed by atoms with Crippen molar-refractivity contribution in [2.45, 2.75) is 18.4 Å². The van der Waals surface area contributed by atoms with Gasteiger partial charge in [0.2, 0.25) is 5.91 Å². The number of amides is 2. The quantitative estimate of drug-likeness (QED) is 0.599. The predicted octanol–water partition coefficient (Wildman–Crippen LogP) is 3.33. The smallest absolute Gasteiger partial charge is 0.277 e. The largest absolute Gasteiger partial charge is 0.350 e. The summed E-state index contributed by atoms with van der Waals surface area (Å²) in [5, 5.41) is 5.16. The number of nitrogens with one attached hydrogen (secondary N) is 2. The van der Waals surface area contributed by atoms with E-state index in [1.165, 1.54) is 0 Å². The number of hydrogen-bond donors (Lipinski definition) is 3. The average Bonchev–Trinajstić information content (AvgIpc) is 2.67. The van der Waals surface area contributed by atoms with E-state index < -0.39 is 36.9 Å². The second kappa shape index (κ2) is 10.9. The number of halogens is 4. The Bertz CT molecular complexity index is 792. The minimum Gasteiger partial charge on any atom is -0.350 e. The number of benzene rings is 2. The number of carbonyl (C=O) groups excluding carboxylic acids is 2. The van der Waals surface area contributed by atoms with E-state index in [1.807, 2.05) is 0 Å². The van der Waals surface area contributed by atoms with Gasteiger partial charge in [0.15, 0.2) is 0 Å². The van der Waals surface area contributed by atoms with E-state index in [2.05, 4.69) is 10.6 Å². The molecule has 0 aliphatic rings. The van der Waals surface area contributed by atoms with Gasteiger partial charge in [0.1, 0.15) is 0 Å². The van der Waals surface area contributed by atoms with Crippen LogP contribution in [0.15, 0.2) is 54.6 Å².